The fraction of sp³-hybridized carbons (Fsp3) is 0.316. The number of nitrogens with zero attached hydrogens (tertiary/aromatic N) is 1. The molecule has 2 heterocycles. The van der Waals surface area contributed by atoms with Crippen LogP contribution in [0.3, 0.4) is 0 Å². The first kappa shape index (κ1) is 21.6. The number of quaternary nitrogens is 1. The minimum atomic E-state index is 0. The SMILES string of the molecule is C.C.C.C[NH+]1CC[N]C1=C1C=C=Cc2c1oc1ccccc21.[Sn]. The number of nitrogens with one attached hydrogen (secondary N) is 1. The van der Waals surface area contributed by atoms with Crippen LogP contribution >= 0.6 is 0 Å². The number of para-hydroxylation sites is 1. The average molecular weight is 417 g/mol. The second-order valence-corrected chi connectivity index (χ2v) is 4.97. The molecule has 1 fully saturated rings. The van der Waals surface area contributed by atoms with E-state index in [0.29, 0.717) is 0 Å². The fourth-order valence-corrected chi connectivity index (χ4v) is 2.76. The largest absolute Gasteiger partial charge is 0.455 e. The van der Waals surface area contributed by atoms with E-state index in [2.05, 4.69) is 24.2 Å². The number of likely N-dealkylation sites (N-methyl/N-ethyl adjacent to an activating group) is 1. The molecule has 0 spiro atoms. The molecule has 2 aromatic rings. The van der Waals surface area contributed by atoms with Crippen molar-refractivity contribution in [2.75, 3.05) is 20.1 Å². The number of furan rings is 1. The summed E-state index contributed by atoms with van der Waals surface area (Å²) < 4.78 is 6.03. The summed E-state index contributed by atoms with van der Waals surface area (Å²) in [5, 5.41) is 5.75. The number of benzene rings is 1. The second-order valence-electron chi connectivity index (χ2n) is 4.97. The first-order valence-electron chi connectivity index (χ1n) is 6.53. The fourth-order valence-electron chi connectivity index (χ4n) is 2.76. The standard InChI is InChI=1S/C16H13N2O.3CH4.Sn/c1-18-10-9-17-16(18)13-7-4-6-12-11-5-2-3-8-14(11)19-15(12)13;;;;/h2-3,5-8H,9-10H2,1H3;3*1H4;/p+1. The first-order valence-corrected chi connectivity index (χ1v) is 6.53. The topological polar surface area (TPSA) is 31.7 Å². The van der Waals surface area contributed by atoms with Crippen LogP contribution in [-0.2, 0) is 0 Å². The smallest absolute Gasteiger partial charge is 0.233 e. The number of hydrogen-bond donors (Lipinski definition) is 1. The Hall–Kier alpha value is -1.42. The molecule has 0 amide bonds. The predicted molar refractivity (Wildman–Crippen MR) is 100 cm³/mol. The van der Waals surface area contributed by atoms with E-state index >= 15 is 0 Å². The van der Waals surface area contributed by atoms with Crippen molar-refractivity contribution < 1.29 is 9.32 Å². The maximum Gasteiger partial charge on any atom is 0.233 e. The van der Waals surface area contributed by atoms with Crippen molar-refractivity contribution in [1.82, 2.24) is 5.32 Å². The van der Waals surface area contributed by atoms with Crippen molar-refractivity contribution in [2.24, 2.45) is 0 Å². The second kappa shape index (κ2) is 8.44. The molecule has 5 radical (unpaired) electrons. The van der Waals surface area contributed by atoms with Crippen LogP contribution in [0.4, 0.5) is 0 Å². The minimum absolute atomic E-state index is 0. The van der Waals surface area contributed by atoms with Crippen LogP contribution < -0.4 is 10.2 Å². The summed E-state index contributed by atoms with van der Waals surface area (Å²) in [6, 6.07) is 8.13. The number of fused-ring (bicyclic) bond motifs is 3. The van der Waals surface area contributed by atoms with E-state index in [0.717, 1.165) is 46.8 Å². The van der Waals surface area contributed by atoms with Gasteiger partial charge in [0.2, 0.25) is 5.82 Å². The van der Waals surface area contributed by atoms with Gasteiger partial charge >= 0.3 is 0 Å². The van der Waals surface area contributed by atoms with Crippen LogP contribution in [0.1, 0.15) is 33.6 Å². The summed E-state index contributed by atoms with van der Waals surface area (Å²) in [5.74, 6) is 2.01. The Bertz CT molecular complexity index is 767. The molecular formula is C19H26N2OSn+. The van der Waals surface area contributed by atoms with E-state index in [1.54, 1.807) is 0 Å². The predicted octanol–water partition coefficient (Wildman–Crippen LogP) is 2.94. The molecule has 23 heavy (non-hydrogen) atoms. The van der Waals surface area contributed by atoms with Crippen molar-refractivity contribution in [3.63, 3.8) is 0 Å². The molecule has 1 unspecified atom stereocenters. The van der Waals surface area contributed by atoms with Gasteiger partial charge in [-0.05, 0) is 18.2 Å². The van der Waals surface area contributed by atoms with Crippen molar-refractivity contribution in [3.8, 4) is 0 Å². The molecule has 0 bridgehead atoms. The third-order valence-corrected chi connectivity index (χ3v) is 3.75. The van der Waals surface area contributed by atoms with Gasteiger partial charge in [-0.15, -0.1) is 5.73 Å². The van der Waals surface area contributed by atoms with Crippen molar-refractivity contribution in [1.29, 1.82) is 0 Å². The van der Waals surface area contributed by atoms with E-state index in [1.165, 1.54) is 4.90 Å². The Balaban J connectivity index is 0.00000121. The molecule has 1 saturated heterocycles. The van der Waals surface area contributed by atoms with Crippen molar-refractivity contribution >= 4 is 46.5 Å². The van der Waals surface area contributed by atoms with Crippen LogP contribution in [0.25, 0.3) is 22.6 Å². The van der Waals surface area contributed by atoms with Crippen molar-refractivity contribution in [3.05, 3.63) is 53.2 Å². The number of hydrogen-bond acceptors (Lipinski definition) is 1. The summed E-state index contributed by atoms with van der Waals surface area (Å²) in [4.78, 5) is 1.33. The van der Waals surface area contributed by atoms with E-state index in [-0.39, 0.29) is 46.2 Å². The maximum atomic E-state index is 6.03. The summed E-state index contributed by atoms with van der Waals surface area (Å²) in [6.07, 6.45) is 3.98. The van der Waals surface area contributed by atoms with Crippen LogP contribution in [0.15, 0.2) is 46.3 Å². The Morgan fingerprint density at radius 1 is 1.13 bits per heavy atom. The van der Waals surface area contributed by atoms with E-state index < -0.39 is 0 Å². The third-order valence-electron chi connectivity index (χ3n) is 3.75. The molecule has 1 aromatic carbocycles. The molecule has 1 atom stereocenters. The summed E-state index contributed by atoms with van der Waals surface area (Å²) >= 11 is 0. The van der Waals surface area contributed by atoms with Gasteiger partial charge in [-0.3, -0.25) is 4.90 Å². The molecule has 1 aromatic heterocycles. The van der Waals surface area contributed by atoms with E-state index in [4.69, 9.17) is 4.42 Å². The number of allylic oxidation sites excluding steroid dienone is 2. The van der Waals surface area contributed by atoms with Gasteiger partial charge in [0.1, 0.15) is 17.7 Å². The third kappa shape index (κ3) is 3.42. The van der Waals surface area contributed by atoms with Gasteiger partial charge < -0.3 is 4.42 Å². The summed E-state index contributed by atoms with van der Waals surface area (Å²) in [5.41, 5.74) is 6.34. The van der Waals surface area contributed by atoms with Crippen LogP contribution in [-0.4, -0.2) is 44.0 Å². The van der Waals surface area contributed by atoms with Crippen LogP contribution in [0.2, 0.25) is 0 Å². The van der Waals surface area contributed by atoms with Gasteiger partial charge in [0, 0.05) is 34.9 Å². The Kier molecular flexibility index (Phi) is 7.91. The molecule has 1 aliphatic carbocycles. The Morgan fingerprint density at radius 2 is 1.87 bits per heavy atom. The van der Waals surface area contributed by atoms with Gasteiger partial charge in [0.15, 0.2) is 5.76 Å². The number of rotatable bonds is 0. The molecule has 4 rings (SSSR count). The summed E-state index contributed by atoms with van der Waals surface area (Å²) in [7, 11) is 2.15. The zero-order chi connectivity index (χ0) is 12.8. The molecule has 3 nitrogen and oxygen atoms in total. The van der Waals surface area contributed by atoms with Gasteiger partial charge in [-0.25, -0.2) is 5.32 Å². The first-order chi connectivity index (χ1) is 9.34. The molecule has 1 N–H and O–H groups in total. The minimum Gasteiger partial charge on any atom is -0.455 e. The Labute approximate surface area is 156 Å². The molecule has 2 aliphatic rings. The molecular weight excluding hydrogens is 391 g/mol. The van der Waals surface area contributed by atoms with E-state index in [1.807, 2.05) is 30.4 Å². The van der Waals surface area contributed by atoms with Gasteiger partial charge in [0.25, 0.3) is 0 Å². The Morgan fingerprint density at radius 3 is 2.57 bits per heavy atom. The van der Waals surface area contributed by atoms with Crippen LogP contribution in [0, 0.1) is 0 Å². The zero-order valence-corrected chi connectivity index (χ0v) is 14.1. The van der Waals surface area contributed by atoms with E-state index in [9.17, 15) is 0 Å². The zero-order valence-electron chi connectivity index (χ0n) is 11.2. The maximum absolute atomic E-state index is 6.03. The summed E-state index contributed by atoms with van der Waals surface area (Å²) in [6.45, 7) is 1.93. The normalized spacial score (nSPS) is 20.5. The molecule has 0 saturated carbocycles. The average Bonchev–Trinajstić information content (AvgIpc) is 3.02. The van der Waals surface area contributed by atoms with Crippen molar-refractivity contribution in [2.45, 2.75) is 22.3 Å². The monoisotopic (exact) mass is 418 g/mol. The quantitative estimate of drug-likeness (QED) is 0.519. The van der Waals surface area contributed by atoms with Gasteiger partial charge in [-0.1, -0.05) is 40.5 Å². The molecule has 121 valence electrons. The molecule has 4 heteroatoms. The van der Waals surface area contributed by atoms with Gasteiger partial charge in [0.05, 0.1) is 13.6 Å². The van der Waals surface area contributed by atoms with Gasteiger partial charge in [-0.2, -0.15) is 0 Å². The van der Waals surface area contributed by atoms with Crippen LogP contribution in [0.5, 0.6) is 0 Å². The molecule has 1 aliphatic heterocycles.